The van der Waals surface area contributed by atoms with E-state index in [1.807, 2.05) is 0 Å². The van der Waals surface area contributed by atoms with Gasteiger partial charge in [-0.3, -0.25) is 4.79 Å². The molecule has 0 spiro atoms. The Balaban J connectivity index is 0.00000242. The average Bonchev–Trinajstić information content (AvgIpc) is 2.44. The van der Waals surface area contributed by atoms with Gasteiger partial charge in [-0.1, -0.05) is 18.2 Å². The number of benzene rings is 1. The first-order valence-corrected chi connectivity index (χ1v) is 6.15. The van der Waals surface area contributed by atoms with E-state index in [0.29, 0.717) is 5.56 Å². The summed E-state index contributed by atoms with van der Waals surface area (Å²) in [6.45, 7) is 1.49. The average molecular weight is 383 g/mol. The molecular weight excluding hydrogens is 369 g/mol. The second-order valence-corrected chi connectivity index (χ2v) is 4.50. The van der Waals surface area contributed by atoms with Gasteiger partial charge in [0.1, 0.15) is 5.75 Å². The summed E-state index contributed by atoms with van der Waals surface area (Å²) in [5.74, 6) is -1.67. The van der Waals surface area contributed by atoms with Crippen LogP contribution in [0.5, 0.6) is 5.75 Å². The van der Waals surface area contributed by atoms with E-state index in [1.54, 1.807) is 6.92 Å². The van der Waals surface area contributed by atoms with E-state index in [0.717, 1.165) is 16.7 Å². The molecule has 0 saturated carbocycles. The Morgan fingerprint density at radius 1 is 1.27 bits per heavy atom. The van der Waals surface area contributed by atoms with Crippen molar-refractivity contribution in [2.75, 3.05) is 13.9 Å². The smallest absolute Gasteiger partial charge is 0.197 e. The second-order valence-electron chi connectivity index (χ2n) is 4.50. The first kappa shape index (κ1) is 18.9. The summed E-state index contributed by atoms with van der Waals surface area (Å²) in [7, 11) is 2.84. The number of hydrogen-bond acceptors (Lipinski definition) is 3. The molecule has 115 valence electrons. The van der Waals surface area contributed by atoms with Gasteiger partial charge in [0.25, 0.3) is 0 Å². The molecule has 0 aliphatic rings. The Bertz CT molecular complexity index is 708. The van der Waals surface area contributed by atoms with Crippen LogP contribution in [0.1, 0.15) is 5.56 Å². The third-order valence-corrected chi connectivity index (χ3v) is 3.00. The molecule has 2 rings (SSSR count). The fraction of sp³-hybridized carbons (Fsp3) is 0.267. The number of methoxy groups -OCH3 is 1. The van der Waals surface area contributed by atoms with Gasteiger partial charge in [0, 0.05) is 59.0 Å². The normalized spacial score (nSPS) is 10.2. The molecule has 1 aromatic carbocycles. The summed E-state index contributed by atoms with van der Waals surface area (Å²) in [6, 6.07) is 6.21. The molecule has 1 aromatic heterocycles. The van der Waals surface area contributed by atoms with Crippen LogP contribution in [0, 0.1) is 24.6 Å². The largest absolute Gasteiger partial charge is 0.467 e. The van der Waals surface area contributed by atoms with Gasteiger partial charge in [-0.25, -0.2) is 8.78 Å². The predicted molar refractivity (Wildman–Crippen MR) is 73.1 cm³/mol. The van der Waals surface area contributed by atoms with Crippen molar-refractivity contribution in [3.63, 3.8) is 0 Å². The number of ether oxygens (including phenoxy) is 2. The van der Waals surface area contributed by atoms with Crippen LogP contribution in [0.25, 0.3) is 11.3 Å². The van der Waals surface area contributed by atoms with E-state index < -0.39 is 11.6 Å². The molecule has 0 aliphatic heterocycles. The number of hydrogen-bond donors (Lipinski definition) is 0. The minimum atomic E-state index is -0.837. The fourth-order valence-electron chi connectivity index (χ4n) is 1.93. The maximum absolute atomic E-state index is 14.1. The molecule has 0 atom stereocenters. The monoisotopic (exact) mass is 383 g/mol. The van der Waals surface area contributed by atoms with Crippen molar-refractivity contribution in [2.45, 2.75) is 6.92 Å². The molecular formula is C15H14F2NO3Y-. The summed E-state index contributed by atoms with van der Waals surface area (Å²) >= 11 is 0. The molecule has 0 unspecified atom stereocenters. The minimum Gasteiger partial charge on any atom is -0.467 e. The van der Waals surface area contributed by atoms with Gasteiger partial charge >= 0.3 is 0 Å². The molecule has 22 heavy (non-hydrogen) atoms. The number of aromatic nitrogens is 1. The van der Waals surface area contributed by atoms with Crippen molar-refractivity contribution in [2.24, 2.45) is 7.05 Å². The first-order chi connectivity index (χ1) is 9.95. The summed E-state index contributed by atoms with van der Waals surface area (Å²) in [4.78, 5) is 11.9. The van der Waals surface area contributed by atoms with Gasteiger partial charge in [-0.15, -0.1) is 0 Å². The Kier molecular flexibility index (Phi) is 6.84. The molecule has 2 aromatic rings. The quantitative estimate of drug-likeness (QED) is 0.602. The second kappa shape index (κ2) is 7.95. The van der Waals surface area contributed by atoms with Crippen LogP contribution in [0.15, 0.2) is 23.0 Å². The maximum atomic E-state index is 14.1. The molecule has 0 bridgehead atoms. The number of pyridine rings is 1. The van der Waals surface area contributed by atoms with Crippen LogP contribution in [-0.4, -0.2) is 18.5 Å². The van der Waals surface area contributed by atoms with Gasteiger partial charge < -0.3 is 14.0 Å². The van der Waals surface area contributed by atoms with E-state index in [9.17, 15) is 13.6 Å². The van der Waals surface area contributed by atoms with Crippen molar-refractivity contribution < 1.29 is 51.0 Å². The molecule has 7 heteroatoms. The Labute approximate surface area is 151 Å². The Morgan fingerprint density at radius 2 is 1.86 bits per heavy atom. The van der Waals surface area contributed by atoms with E-state index in [2.05, 4.69) is 10.8 Å². The van der Waals surface area contributed by atoms with E-state index in [-0.39, 0.29) is 62.1 Å². The summed E-state index contributed by atoms with van der Waals surface area (Å²) in [6.07, 6.45) is 0. The van der Waals surface area contributed by atoms with Crippen LogP contribution in [0.4, 0.5) is 8.78 Å². The first-order valence-electron chi connectivity index (χ1n) is 6.15. The zero-order valence-electron chi connectivity index (χ0n) is 12.4. The van der Waals surface area contributed by atoms with Crippen molar-refractivity contribution in [3.05, 3.63) is 51.8 Å². The summed E-state index contributed by atoms with van der Waals surface area (Å²) < 4.78 is 39.1. The van der Waals surface area contributed by atoms with E-state index in [4.69, 9.17) is 4.74 Å². The number of rotatable bonds is 4. The maximum Gasteiger partial charge on any atom is 0.197 e. The molecule has 4 nitrogen and oxygen atoms in total. The van der Waals surface area contributed by atoms with Crippen LogP contribution in [0.2, 0.25) is 0 Å². The third-order valence-electron chi connectivity index (χ3n) is 3.00. The SMILES string of the molecule is COCOc1cc(F)c(-c2[c-]cc(C)c(=O)n2C)c(F)c1.[Y]. The van der Waals surface area contributed by atoms with Crippen LogP contribution in [0.3, 0.4) is 0 Å². The fourth-order valence-corrected chi connectivity index (χ4v) is 1.93. The minimum absolute atomic E-state index is 0. The molecule has 0 fully saturated rings. The van der Waals surface area contributed by atoms with Crippen molar-refractivity contribution in [1.82, 2.24) is 4.57 Å². The third kappa shape index (κ3) is 3.80. The van der Waals surface area contributed by atoms with Crippen molar-refractivity contribution in [3.8, 4) is 17.0 Å². The van der Waals surface area contributed by atoms with Crippen LogP contribution in [-0.2, 0) is 44.5 Å². The van der Waals surface area contributed by atoms with Crippen LogP contribution < -0.4 is 10.3 Å². The number of halogens is 2. The van der Waals surface area contributed by atoms with Gasteiger partial charge in [-0.05, 0) is 5.56 Å². The van der Waals surface area contributed by atoms with E-state index >= 15 is 0 Å². The van der Waals surface area contributed by atoms with Gasteiger partial charge in [0.05, 0.1) is 11.6 Å². The standard InChI is InChI=1S/C15H14F2NO3.Y/c1-9-4-5-13(18(2)15(9)19)14-11(16)6-10(7-12(14)17)21-8-20-3;/h4,6-7H,8H2,1-3H3;/q-1;. The molecule has 1 heterocycles. The molecule has 0 saturated heterocycles. The molecule has 1 radical (unpaired) electrons. The zero-order chi connectivity index (χ0) is 15.6. The molecule has 0 amide bonds. The number of nitrogens with zero attached hydrogens (tertiary/aromatic N) is 1. The van der Waals surface area contributed by atoms with Gasteiger partial charge in [0.15, 0.2) is 12.4 Å². The van der Waals surface area contributed by atoms with Gasteiger partial charge in [-0.2, -0.15) is 12.1 Å². The zero-order valence-corrected chi connectivity index (χ0v) is 15.3. The Morgan fingerprint density at radius 3 is 2.41 bits per heavy atom. The van der Waals surface area contributed by atoms with Gasteiger partial charge in [0.2, 0.25) is 0 Å². The number of aryl methyl sites for hydroxylation is 1. The summed E-state index contributed by atoms with van der Waals surface area (Å²) in [5.41, 5.74) is -0.164. The van der Waals surface area contributed by atoms with Crippen LogP contribution >= 0.6 is 0 Å². The molecule has 0 aliphatic carbocycles. The van der Waals surface area contributed by atoms with Crippen molar-refractivity contribution in [1.29, 1.82) is 0 Å². The predicted octanol–water partition coefficient (Wildman–Crippen LogP) is 2.42. The topological polar surface area (TPSA) is 40.5 Å². The van der Waals surface area contributed by atoms with E-state index in [1.165, 1.54) is 20.2 Å². The Hall–Kier alpha value is -1.11. The van der Waals surface area contributed by atoms with Crippen molar-refractivity contribution >= 4 is 0 Å². The summed E-state index contributed by atoms with van der Waals surface area (Å²) in [5, 5.41) is 0. The molecule has 0 N–H and O–H groups in total.